The molecule has 0 aliphatic carbocycles. The van der Waals surface area contributed by atoms with Crippen LogP contribution in [0.15, 0.2) is 11.1 Å². The Hall–Kier alpha value is -2.10. The minimum Gasteiger partial charge on any atom is -0.370 e. The van der Waals surface area contributed by atoms with E-state index < -0.39 is 5.91 Å². The Kier molecular flexibility index (Phi) is 4.71. The zero-order valence-electron chi connectivity index (χ0n) is 13.1. The van der Waals surface area contributed by atoms with Gasteiger partial charge in [0.15, 0.2) is 5.96 Å². The van der Waals surface area contributed by atoms with Crippen LogP contribution in [0.2, 0.25) is 0 Å². The second-order valence-electron chi connectivity index (χ2n) is 5.20. The molecule has 4 N–H and O–H groups in total. The van der Waals surface area contributed by atoms with E-state index in [1.165, 1.54) is 33.9 Å². The molecule has 0 spiro atoms. The molecule has 0 atom stereocenters. The quantitative estimate of drug-likeness (QED) is 0.493. The molecule has 0 saturated heterocycles. The molecule has 0 aliphatic rings. The Morgan fingerprint density at radius 2 is 1.30 bits per heavy atom. The topological polar surface area (TPSA) is 81.5 Å². The van der Waals surface area contributed by atoms with Gasteiger partial charge in [-0.1, -0.05) is 0 Å². The lowest BCUT2D eigenvalue weighted by molar-refractivity contribution is -0.113. The minimum absolute atomic E-state index is 0.219. The van der Waals surface area contributed by atoms with Crippen LogP contribution in [0.5, 0.6) is 0 Å². The lowest BCUT2D eigenvalue weighted by Gasteiger charge is -2.19. The predicted octanol–water partition coefficient (Wildman–Crippen LogP) is 2.43. The standard InChI is InChI=1S/C16H23N3O/c1-8(7-14(20)19-16(17)18)15-12(5)10(3)9(2)11(4)13(15)6/h7H,1-6H3,(H4,17,18,19,20). The van der Waals surface area contributed by atoms with Gasteiger partial charge in [0.1, 0.15) is 0 Å². The summed E-state index contributed by atoms with van der Waals surface area (Å²) < 4.78 is 0. The lowest BCUT2D eigenvalue weighted by atomic mass is 9.86. The molecule has 1 aromatic rings. The van der Waals surface area contributed by atoms with Crippen molar-refractivity contribution in [2.45, 2.75) is 41.5 Å². The second kappa shape index (κ2) is 5.90. The third kappa shape index (κ3) is 3.07. The number of hydrogen-bond acceptors (Lipinski definition) is 1. The Labute approximate surface area is 120 Å². The molecule has 20 heavy (non-hydrogen) atoms. The highest BCUT2D eigenvalue weighted by atomic mass is 16.1. The zero-order chi connectivity index (χ0) is 15.6. The number of hydrogen-bond donors (Lipinski definition) is 2. The largest absolute Gasteiger partial charge is 0.370 e. The molecular formula is C16H23N3O. The number of aliphatic imine (C=N–C) groups is 1. The zero-order valence-corrected chi connectivity index (χ0v) is 13.1. The summed E-state index contributed by atoms with van der Waals surface area (Å²) >= 11 is 0. The highest BCUT2D eigenvalue weighted by Gasteiger charge is 2.13. The number of carbonyl (C=O) groups excluding carboxylic acids is 1. The molecular weight excluding hydrogens is 250 g/mol. The van der Waals surface area contributed by atoms with E-state index in [2.05, 4.69) is 39.6 Å². The van der Waals surface area contributed by atoms with Crippen molar-refractivity contribution in [3.05, 3.63) is 39.5 Å². The van der Waals surface area contributed by atoms with E-state index >= 15 is 0 Å². The number of allylic oxidation sites excluding steroid dienone is 1. The fourth-order valence-electron chi connectivity index (χ4n) is 2.51. The molecule has 1 rings (SSSR count). The van der Waals surface area contributed by atoms with Gasteiger partial charge in [-0.2, -0.15) is 4.99 Å². The van der Waals surface area contributed by atoms with E-state index in [-0.39, 0.29) is 5.96 Å². The van der Waals surface area contributed by atoms with Crippen LogP contribution >= 0.6 is 0 Å². The smallest absolute Gasteiger partial charge is 0.273 e. The summed E-state index contributed by atoms with van der Waals surface area (Å²) in [6, 6.07) is 0. The number of nitrogens with zero attached hydrogens (tertiary/aromatic N) is 1. The summed E-state index contributed by atoms with van der Waals surface area (Å²) in [7, 11) is 0. The summed E-state index contributed by atoms with van der Waals surface area (Å²) in [6.45, 7) is 12.4. The van der Waals surface area contributed by atoms with Crippen LogP contribution in [0.3, 0.4) is 0 Å². The van der Waals surface area contributed by atoms with Crippen molar-refractivity contribution < 1.29 is 4.79 Å². The molecule has 108 valence electrons. The average molecular weight is 273 g/mol. The van der Waals surface area contributed by atoms with E-state index in [0.717, 1.165) is 11.1 Å². The second-order valence-corrected chi connectivity index (χ2v) is 5.20. The maximum atomic E-state index is 11.7. The Morgan fingerprint density at radius 3 is 1.70 bits per heavy atom. The van der Waals surface area contributed by atoms with E-state index in [9.17, 15) is 4.79 Å². The Morgan fingerprint density at radius 1 is 0.900 bits per heavy atom. The van der Waals surface area contributed by atoms with Crippen LogP contribution in [0.25, 0.3) is 5.57 Å². The number of carbonyl (C=O) groups is 1. The first-order valence-electron chi connectivity index (χ1n) is 6.56. The number of nitrogens with two attached hydrogens (primary N) is 2. The first-order chi connectivity index (χ1) is 9.16. The van der Waals surface area contributed by atoms with Gasteiger partial charge in [-0.05, 0) is 80.5 Å². The van der Waals surface area contributed by atoms with Gasteiger partial charge in [0.2, 0.25) is 0 Å². The monoisotopic (exact) mass is 273 g/mol. The van der Waals surface area contributed by atoms with Crippen molar-refractivity contribution in [3.63, 3.8) is 0 Å². The van der Waals surface area contributed by atoms with Gasteiger partial charge in [-0.25, -0.2) is 0 Å². The molecule has 4 heteroatoms. The van der Waals surface area contributed by atoms with Crippen molar-refractivity contribution >= 4 is 17.4 Å². The van der Waals surface area contributed by atoms with Gasteiger partial charge < -0.3 is 11.5 Å². The van der Waals surface area contributed by atoms with Crippen LogP contribution < -0.4 is 11.5 Å². The van der Waals surface area contributed by atoms with Crippen LogP contribution in [0.1, 0.15) is 40.3 Å². The molecule has 0 aromatic heterocycles. The van der Waals surface area contributed by atoms with Crippen LogP contribution in [-0.4, -0.2) is 11.9 Å². The molecule has 0 unspecified atom stereocenters. The lowest BCUT2D eigenvalue weighted by Crippen LogP contribution is -2.23. The van der Waals surface area contributed by atoms with Gasteiger partial charge >= 0.3 is 0 Å². The predicted molar refractivity (Wildman–Crippen MR) is 84.6 cm³/mol. The Bertz CT molecular complexity index is 592. The molecule has 1 amide bonds. The summed E-state index contributed by atoms with van der Waals surface area (Å²) in [6.07, 6.45) is 1.48. The molecule has 0 saturated carbocycles. The Balaban J connectivity index is 3.45. The summed E-state index contributed by atoms with van der Waals surface area (Å²) in [4.78, 5) is 15.2. The third-order valence-corrected chi connectivity index (χ3v) is 3.97. The first kappa shape index (κ1) is 16.0. The van der Waals surface area contributed by atoms with E-state index in [1.54, 1.807) is 0 Å². The van der Waals surface area contributed by atoms with Gasteiger partial charge in [-0.15, -0.1) is 0 Å². The minimum atomic E-state index is -0.433. The highest BCUT2D eigenvalue weighted by molar-refractivity contribution is 6.02. The van der Waals surface area contributed by atoms with E-state index in [0.29, 0.717) is 0 Å². The fourth-order valence-corrected chi connectivity index (χ4v) is 2.51. The molecule has 0 bridgehead atoms. The van der Waals surface area contributed by atoms with Gasteiger partial charge in [0.05, 0.1) is 0 Å². The maximum absolute atomic E-state index is 11.7. The first-order valence-corrected chi connectivity index (χ1v) is 6.56. The number of guanidine groups is 1. The van der Waals surface area contributed by atoms with Gasteiger partial charge in [-0.3, -0.25) is 4.79 Å². The summed E-state index contributed by atoms with van der Waals surface area (Å²) in [5, 5.41) is 0. The van der Waals surface area contributed by atoms with Crippen LogP contribution in [0.4, 0.5) is 0 Å². The van der Waals surface area contributed by atoms with Gasteiger partial charge in [0, 0.05) is 6.08 Å². The maximum Gasteiger partial charge on any atom is 0.273 e. The van der Waals surface area contributed by atoms with Crippen molar-refractivity contribution in [2.75, 3.05) is 0 Å². The van der Waals surface area contributed by atoms with Crippen molar-refractivity contribution in [1.82, 2.24) is 0 Å². The van der Waals surface area contributed by atoms with E-state index in [4.69, 9.17) is 11.5 Å². The van der Waals surface area contributed by atoms with Gasteiger partial charge in [0.25, 0.3) is 5.91 Å². The summed E-state index contributed by atoms with van der Waals surface area (Å²) in [5.41, 5.74) is 18.6. The number of rotatable bonds is 2. The molecule has 0 radical (unpaired) electrons. The molecule has 0 aliphatic heterocycles. The van der Waals surface area contributed by atoms with Crippen molar-refractivity contribution in [3.8, 4) is 0 Å². The molecule has 1 aromatic carbocycles. The van der Waals surface area contributed by atoms with Crippen LogP contribution in [0, 0.1) is 34.6 Å². The summed E-state index contributed by atoms with van der Waals surface area (Å²) in [5.74, 6) is -0.652. The third-order valence-electron chi connectivity index (χ3n) is 3.97. The number of benzene rings is 1. The fraction of sp³-hybridized carbons (Fsp3) is 0.375. The van der Waals surface area contributed by atoms with Crippen molar-refractivity contribution in [1.29, 1.82) is 0 Å². The molecule has 0 fully saturated rings. The average Bonchev–Trinajstić information content (AvgIpc) is 2.33. The van der Waals surface area contributed by atoms with E-state index in [1.807, 2.05) is 6.92 Å². The molecule has 4 nitrogen and oxygen atoms in total. The highest BCUT2D eigenvalue weighted by Crippen LogP contribution is 2.30. The molecule has 0 heterocycles. The normalized spacial score (nSPS) is 11.4. The van der Waals surface area contributed by atoms with Crippen LogP contribution in [-0.2, 0) is 4.79 Å². The van der Waals surface area contributed by atoms with Crippen molar-refractivity contribution in [2.24, 2.45) is 16.5 Å². The number of amides is 1. The SMILES string of the molecule is CC(=CC(=O)N=C(N)N)c1c(C)c(C)c(C)c(C)c1C.